The second-order valence-electron chi connectivity index (χ2n) is 6.28. The zero-order chi connectivity index (χ0) is 20.3. The predicted molar refractivity (Wildman–Crippen MR) is 110 cm³/mol. The first-order valence-electron chi connectivity index (χ1n) is 8.60. The maximum absolute atomic E-state index is 12.6. The first-order chi connectivity index (χ1) is 13.4. The number of hydrogen-bond acceptors (Lipinski definition) is 4. The third-order valence-corrected chi connectivity index (χ3v) is 4.69. The van der Waals surface area contributed by atoms with Crippen LogP contribution in [0.2, 0.25) is 10.0 Å². The van der Waals surface area contributed by atoms with Crippen molar-refractivity contribution in [1.29, 1.82) is 0 Å². The molecular weight excluding hydrogens is 401 g/mol. The van der Waals surface area contributed by atoms with Gasteiger partial charge in [0.15, 0.2) is 6.10 Å². The molecule has 0 saturated carbocycles. The Hall–Kier alpha value is -2.47. The van der Waals surface area contributed by atoms with Crippen molar-refractivity contribution < 1.29 is 19.1 Å². The Kier molecular flexibility index (Phi) is 6.29. The number of ether oxygens (including phenoxy) is 1. The van der Waals surface area contributed by atoms with Crippen LogP contribution in [0.1, 0.15) is 18.2 Å². The molecule has 1 amide bonds. The van der Waals surface area contributed by atoms with Gasteiger partial charge in [-0.3, -0.25) is 4.79 Å². The lowest BCUT2D eigenvalue weighted by molar-refractivity contribution is -0.122. The van der Waals surface area contributed by atoms with Crippen molar-refractivity contribution in [3.05, 3.63) is 69.9 Å². The Labute approximate surface area is 172 Å². The van der Waals surface area contributed by atoms with Crippen molar-refractivity contribution in [3.63, 3.8) is 0 Å². The summed E-state index contributed by atoms with van der Waals surface area (Å²) in [6, 6.07) is 13.9. The molecule has 3 aromatic rings. The minimum atomic E-state index is -0.772. The monoisotopic (exact) mass is 419 g/mol. The van der Waals surface area contributed by atoms with Crippen LogP contribution in [-0.2, 0) is 11.4 Å². The van der Waals surface area contributed by atoms with Crippen molar-refractivity contribution in [2.45, 2.75) is 26.6 Å². The lowest BCUT2D eigenvalue weighted by Gasteiger charge is -2.17. The topological polar surface area (TPSA) is 71.7 Å². The number of halogens is 2. The number of nitrogens with one attached hydrogen (secondary N) is 1. The quantitative estimate of drug-likeness (QED) is 0.556. The van der Waals surface area contributed by atoms with Crippen LogP contribution in [-0.4, -0.2) is 17.1 Å². The van der Waals surface area contributed by atoms with E-state index in [1.165, 1.54) is 0 Å². The summed E-state index contributed by atoms with van der Waals surface area (Å²) in [6.45, 7) is 3.36. The second-order valence-corrected chi connectivity index (χ2v) is 7.12. The zero-order valence-electron chi connectivity index (χ0n) is 15.3. The highest BCUT2D eigenvalue weighted by Crippen LogP contribution is 2.29. The molecule has 0 aliphatic carbocycles. The summed E-state index contributed by atoms with van der Waals surface area (Å²) < 4.78 is 11.2. The van der Waals surface area contributed by atoms with E-state index in [4.69, 9.17) is 37.5 Å². The van der Waals surface area contributed by atoms with Crippen LogP contribution in [0.3, 0.4) is 0 Å². The van der Waals surface area contributed by atoms with Gasteiger partial charge in [0, 0.05) is 16.3 Å². The summed E-state index contributed by atoms with van der Waals surface area (Å²) >= 11 is 12.0. The fourth-order valence-electron chi connectivity index (χ4n) is 2.58. The number of benzene rings is 2. The highest BCUT2D eigenvalue weighted by molar-refractivity contribution is 6.35. The second kappa shape index (κ2) is 8.69. The average molecular weight is 420 g/mol. The summed E-state index contributed by atoms with van der Waals surface area (Å²) in [4.78, 5) is 12.6. The van der Waals surface area contributed by atoms with E-state index in [0.29, 0.717) is 33.0 Å². The molecular formula is C21H19Cl2NO4. The van der Waals surface area contributed by atoms with E-state index in [1.54, 1.807) is 37.3 Å². The lowest BCUT2D eigenvalue weighted by Crippen LogP contribution is -2.30. The first-order valence-corrected chi connectivity index (χ1v) is 9.36. The summed E-state index contributed by atoms with van der Waals surface area (Å²) in [7, 11) is 0. The fraction of sp³-hybridized carbons (Fsp3) is 0.190. The van der Waals surface area contributed by atoms with E-state index in [9.17, 15) is 4.79 Å². The van der Waals surface area contributed by atoms with Crippen molar-refractivity contribution >= 4 is 34.8 Å². The number of aliphatic hydroxyl groups excluding tert-OH is 1. The molecule has 3 rings (SSSR count). The summed E-state index contributed by atoms with van der Waals surface area (Å²) in [5.41, 5.74) is 2.32. The lowest BCUT2D eigenvalue weighted by atomic mass is 10.1. The Morgan fingerprint density at radius 1 is 1.18 bits per heavy atom. The Morgan fingerprint density at radius 2 is 1.96 bits per heavy atom. The number of anilines is 1. The maximum atomic E-state index is 12.6. The number of carbonyl (C=O) groups is 1. The smallest absolute Gasteiger partial charge is 0.265 e. The maximum Gasteiger partial charge on any atom is 0.265 e. The number of aliphatic hydroxyl groups is 1. The van der Waals surface area contributed by atoms with E-state index in [1.807, 2.05) is 25.1 Å². The van der Waals surface area contributed by atoms with Crippen LogP contribution in [0.5, 0.6) is 5.75 Å². The third kappa shape index (κ3) is 4.68. The van der Waals surface area contributed by atoms with Gasteiger partial charge in [-0.2, -0.15) is 0 Å². The third-order valence-electron chi connectivity index (χ3n) is 4.16. The van der Waals surface area contributed by atoms with Gasteiger partial charge in [-0.05, 0) is 55.8 Å². The minimum absolute atomic E-state index is 0.169. The Morgan fingerprint density at radius 3 is 2.64 bits per heavy atom. The molecule has 2 aromatic carbocycles. The van der Waals surface area contributed by atoms with Crippen LogP contribution < -0.4 is 10.1 Å². The van der Waals surface area contributed by atoms with E-state index in [0.717, 1.165) is 11.1 Å². The van der Waals surface area contributed by atoms with Gasteiger partial charge in [0.2, 0.25) is 0 Å². The molecule has 0 aliphatic rings. The number of furan rings is 1. The largest absolute Gasteiger partial charge is 0.479 e. The molecule has 0 radical (unpaired) electrons. The molecule has 2 N–H and O–H groups in total. The van der Waals surface area contributed by atoms with Gasteiger partial charge in [0.1, 0.15) is 23.9 Å². The van der Waals surface area contributed by atoms with Crippen molar-refractivity contribution in [2.75, 3.05) is 5.32 Å². The number of carbonyl (C=O) groups excluding carboxylic acids is 1. The van der Waals surface area contributed by atoms with Crippen LogP contribution in [0.4, 0.5) is 5.69 Å². The molecule has 7 heteroatoms. The van der Waals surface area contributed by atoms with Gasteiger partial charge in [-0.15, -0.1) is 0 Å². The molecule has 0 bridgehead atoms. The highest BCUT2D eigenvalue weighted by Gasteiger charge is 2.18. The standard InChI is InChI=1S/C21H19Cl2NO4/c1-12-3-4-14(19-8-6-16(11-25)28-19)9-18(12)24-21(26)13(2)27-20-7-5-15(22)10-17(20)23/h3-10,13,25H,11H2,1-2H3,(H,24,26)/t13-/m1/s1. The molecule has 28 heavy (non-hydrogen) atoms. The van der Waals surface area contributed by atoms with Crippen LogP contribution in [0.25, 0.3) is 11.3 Å². The molecule has 0 fully saturated rings. The van der Waals surface area contributed by atoms with Crippen molar-refractivity contribution in [2.24, 2.45) is 0 Å². The van der Waals surface area contributed by atoms with Gasteiger partial charge in [-0.1, -0.05) is 35.3 Å². The summed E-state index contributed by atoms with van der Waals surface area (Å²) in [6.07, 6.45) is -0.772. The summed E-state index contributed by atoms with van der Waals surface area (Å²) in [5, 5.41) is 12.8. The van der Waals surface area contributed by atoms with Crippen LogP contribution in [0, 0.1) is 6.92 Å². The molecule has 1 atom stereocenters. The average Bonchev–Trinajstić information content (AvgIpc) is 3.15. The molecule has 0 spiro atoms. The van der Waals surface area contributed by atoms with Gasteiger partial charge >= 0.3 is 0 Å². The normalized spacial score (nSPS) is 11.9. The number of hydrogen-bond donors (Lipinski definition) is 2. The van der Waals surface area contributed by atoms with Gasteiger partial charge in [0.25, 0.3) is 5.91 Å². The summed E-state index contributed by atoms with van der Waals surface area (Å²) in [5.74, 6) is 1.15. The van der Waals surface area contributed by atoms with Gasteiger partial charge in [-0.25, -0.2) is 0 Å². The molecule has 1 heterocycles. The SMILES string of the molecule is Cc1ccc(-c2ccc(CO)o2)cc1NC(=O)[C@@H](C)Oc1ccc(Cl)cc1Cl. The highest BCUT2D eigenvalue weighted by atomic mass is 35.5. The Balaban J connectivity index is 1.74. The number of rotatable bonds is 6. The molecule has 146 valence electrons. The van der Waals surface area contributed by atoms with E-state index in [2.05, 4.69) is 5.32 Å². The molecule has 0 aliphatic heterocycles. The molecule has 0 unspecified atom stereocenters. The van der Waals surface area contributed by atoms with E-state index in [-0.39, 0.29) is 12.5 Å². The van der Waals surface area contributed by atoms with Crippen LogP contribution >= 0.6 is 23.2 Å². The van der Waals surface area contributed by atoms with E-state index >= 15 is 0 Å². The molecule has 0 saturated heterocycles. The minimum Gasteiger partial charge on any atom is -0.479 e. The Bertz CT molecular complexity index is 1000. The van der Waals surface area contributed by atoms with Crippen molar-refractivity contribution in [3.8, 4) is 17.1 Å². The van der Waals surface area contributed by atoms with Crippen LogP contribution in [0.15, 0.2) is 52.9 Å². The molecule has 1 aromatic heterocycles. The zero-order valence-corrected chi connectivity index (χ0v) is 16.8. The number of aryl methyl sites for hydroxylation is 1. The first kappa shape index (κ1) is 20.3. The van der Waals surface area contributed by atoms with E-state index < -0.39 is 6.10 Å². The number of amides is 1. The predicted octanol–water partition coefficient (Wildman–Crippen LogP) is 5.46. The van der Waals surface area contributed by atoms with Gasteiger partial charge < -0.3 is 19.6 Å². The van der Waals surface area contributed by atoms with Gasteiger partial charge in [0.05, 0.1) is 5.02 Å². The fourth-order valence-corrected chi connectivity index (χ4v) is 3.03. The van der Waals surface area contributed by atoms with Crippen molar-refractivity contribution in [1.82, 2.24) is 0 Å². The molecule has 5 nitrogen and oxygen atoms in total.